The Labute approximate surface area is 332 Å². The highest BCUT2D eigenvalue weighted by atomic mass is 35.5. The number of anilines is 1. The number of fused-ring (bicyclic) bond motifs is 1. The summed E-state index contributed by atoms with van der Waals surface area (Å²) in [6.45, 7) is 7.42. The first kappa shape index (κ1) is 42.7. The number of pyridine rings is 1. The zero-order chi connectivity index (χ0) is 38.2. The predicted molar refractivity (Wildman–Crippen MR) is 227 cm³/mol. The van der Waals surface area contributed by atoms with Crippen LogP contribution < -0.4 is 15.2 Å². The van der Waals surface area contributed by atoms with Gasteiger partial charge >= 0.3 is 5.97 Å². The lowest BCUT2D eigenvalue weighted by molar-refractivity contribution is -0.147. The number of rotatable bonds is 23. The van der Waals surface area contributed by atoms with Crippen LogP contribution in [0.5, 0.6) is 5.75 Å². The van der Waals surface area contributed by atoms with Crippen LogP contribution in [0.3, 0.4) is 0 Å². The van der Waals surface area contributed by atoms with Crippen molar-refractivity contribution in [1.82, 2.24) is 9.47 Å². The second-order valence-corrected chi connectivity index (χ2v) is 14.2. The SMILES string of the molecule is CCCC=CCC=CCC=CCC=CCC=CCCCC(=O)OCn1c(=O)ccc2ccc(OCCCCN3CCN(c4cccc(Cl)c4Cl)CC3)cc21. The summed E-state index contributed by atoms with van der Waals surface area (Å²) in [7, 11) is 0. The number of carbonyl (C=O) groups excluding carboxylic acids is 1. The van der Waals surface area contributed by atoms with Crippen molar-refractivity contribution in [3.63, 3.8) is 0 Å². The number of ether oxygens (including phenoxy) is 2. The molecule has 4 rings (SSSR count). The van der Waals surface area contributed by atoms with Crippen molar-refractivity contribution in [3.05, 3.63) is 130 Å². The van der Waals surface area contributed by atoms with Crippen LogP contribution >= 0.6 is 23.2 Å². The lowest BCUT2D eigenvalue weighted by Crippen LogP contribution is -2.46. The highest BCUT2D eigenvalue weighted by Gasteiger charge is 2.19. The number of hydrogen-bond acceptors (Lipinski definition) is 6. The highest BCUT2D eigenvalue weighted by Crippen LogP contribution is 2.33. The van der Waals surface area contributed by atoms with Gasteiger partial charge in [-0.15, -0.1) is 0 Å². The van der Waals surface area contributed by atoms with E-state index in [1.165, 1.54) is 17.1 Å². The van der Waals surface area contributed by atoms with Gasteiger partial charge in [-0.25, -0.2) is 0 Å². The van der Waals surface area contributed by atoms with Gasteiger partial charge in [0.25, 0.3) is 5.56 Å². The van der Waals surface area contributed by atoms with Crippen molar-refractivity contribution in [2.24, 2.45) is 0 Å². The minimum Gasteiger partial charge on any atom is -0.494 e. The summed E-state index contributed by atoms with van der Waals surface area (Å²) in [5.74, 6) is 0.372. The van der Waals surface area contributed by atoms with Crippen LogP contribution in [0.2, 0.25) is 10.0 Å². The van der Waals surface area contributed by atoms with E-state index in [-0.39, 0.29) is 18.3 Å². The molecule has 0 bridgehead atoms. The molecule has 0 unspecified atom stereocenters. The molecule has 0 spiro atoms. The van der Waals surface area contributed by atoms with Crippen molar-refractivity contribution < 1.29 is 14.3 Å². The number of nitrogens with zero attached hydrogens (tertiary/aromatic N) is 3. The number of benzene rings is 2. The molecular weight excluding hydrogens is 717 g/mol. The van der Waals surface area contributed by atoms with Gasteiger partial charge in [0.1, 0.15) is 5.75 Å². The Morgan fingerprint density at radius 3 is 2.09 bits per heavy atom. The Hall–Kier alpha value is -4.04. The summed E-state index contributed by atoms with van der Waals surface area (Å²) in [6.07, 6.45) is 31.7. The van der Waals surface area contributed by atoms with Crippen LogP contribution in [0.15, 0.2) is 114 Å². The van der Waals surface area contributed by atoms with Crippen LogP contribution in [0.25, 0.3) is 10.9 Å². The molecule has 54 heavy (non-hydrogen) atoms. The summed E-state index contributed by atoms with van der Waals surface area (Å²) in [6, 6.07) is 14.8. The van der Waals surface area contributed by atoms with Crippen LogP contribution in [0.4, 0.5) is 5.69 Å². The first-order chi connectivity index (χ1) is 26.5. The van der Waals surface area contributed by atoms with Crippen molar-refractivity contribution in [2.45, 2.75) is 84.3 Å². The molecule has 2 heterocycles. The van der Waals surface area contributed by atoms with Crippen LogP contribution in [-0.2, 0) is 16.3 Å². The summed E-state index contributed by atoms with van der Waals surface area (Å²) in [5.41, 5.74) is 1.46. The van der Waals surface area contributed by atoms with E-state index in [1.54, 1.807) is 6.07 Å². The minimum atomic E-state index is -0.316. The maximum absolute atomic E-state index is 12.8. The number of unbranched alkanes of at least 4 members (excludes halogenated alkanes) is 3. The molecule has 290 valence electrons. The van der Waals surface area contributed by atoms with E-state index in [4.69, 9.17) is 32.7 Å². The van der Waals surface area contributed by atoms with Crippen molar-refractivity contribution in [3.8, 4) is 5.75 Å². The Bertz CT molecular complexity index is 1790. The molecule has 9 heteroatoms. The fraction of sp³-hybridized carbons (Fsp3) is 0.422. The van der Waals surface area contributed by atoms with E-state index in [0.717, 1.165) is 95.2 Å². The highest BCUT2D eigenvalue weighted by molar-refractivity contribution is 6.43. The van der Waals surface area contributed by atoms with E-state index in [9.17, 15) is 9.59 Å². The van der Waals surface area contributed by atoms with Gasteiger partial charge in [0, 0.05) is 44.7 Å². The Morgan fingerprint density at radius 1 is 0.759 bits per heavy atom. The largest absolute Gasteiger partial charge is 0.494 e. The Kier molecular flexibility index (Phi) is 19.9. The molecule has 0 radical (unpaired) electrons. The van der Waals surface area contributed by atoms with Crippen LogP contribution in [-0.4, -0.2) is 54.8 Å². The molecule has 1 aliphatic heterocycles. The zero-order valence-corrected chi connectivity index (χ0v) is 33.4. The second kappa shape index (κ2) is 25.1. The van der Waals surface area contributed by atoms with E-state index < -0.39 is 0 Å². The number of aromatic nitrogens is 1. The lowest BCUT2D eigenvalue weighted by Gasteiger charge is -2.36. The Morgan fingerprint density at radius 2 is 1.41 bits per heavy atom. The van der Waals surface area contributed by atoms with Gasteiger partial charge in [-0.05, 0) is 100 Å². The molecule has 0 aliphatic carbocycles. The number of carbonyl (C=O) groups is 1. The third-order valence-corrected chi connectivity index (χ3v) is 10.0. The van der Waals surface area contributed by atoms with E-state index in [0.29, 0.717) is 40.8 Å². The summed E-state index contributed by atoms with van der Waals surface area (Å²) >= 11 is 12.6. The topological polar surface area (TPSA) is 64.0 Å². The van der Waals surface area contributed by atoms with Gasteiger partial charge in [-0.1, -0.05) is 103 Å². The van der Waals surface area contributed by atoms with Crippen molar-refractivity contribution in [1.29, 1.82) is 0 Å². The lowest BCUT2D eigenvalue weighted by atomic mass is 10.2. The molecule has 3 aromatic rings. The molecule has 7 nitrogen and oxygen atoms in total. The molecule has 0 atom stereocenters. The standard InChI is InChI=1S/C45H57Cl2N3O4/c1-2-3-4-5-6-7-8-9-10-11-12-13-14-15-16-17-18-19-25-44(52)54-37-50-42-36-39(28-26-38(42)27-29-43(50)51)53-35-21-20-30-48-31-33-49(34-32-48)41-24-22-23-40(46)45(41)47/h4-5,7-8,10-11,13-14,16-17,22-24,26-29,36H,2-3,6,9,12,15,18-21,25,30-35,37H2,1H3. The third-order valence-electron chi connectivity index (χ3n) is 9.23. The van der Waals surface area contributed by atoms with E-state index in [1.807, 2.05) is 36.4 Å². The first-order valence-electron chi connectivity index (χ1n) is 19.5. The minimum absolute atomic E-state index is 0.128. The van der Waals surface area contributed by atoms with E-state index >= 15 is 0 Å². The fourth-order valence-electron chi connectivity index (χ4n) is 6.13. The van der Waals surface area contributed by atoms with Crippen molar-refractivity contribution in [2.75, 3.05) is 44.2 Å². The number of hydrogen-bond donors (Lipinski definition) is 0. The number of esters is 1. The van der Waals surface area contributed by atoms with Gasteiger partial charge in [0.2, 0.25) is 0 Å². The van der Waals surface area contributed by atoms with Gasteiger partial charge in [0.15, 0.2) is 6.73 Å². The molecule has 1 fully saturated rings. The van der Waals surface area contributed by atoms with E-state index in [2.05, 4.69) is 77.5 Å². The molecule has 1 saturated heterocycles. The molecule has 0 amide bonds. The zero-order valence-electron chi connectivity index (χ0n) is 31.9. The van der Waals surface area contributed by atoms with Crippen LogP contribution in [0, 0.1) is 0 Å². The third kappa shape index (κ3) is 15.4. The molecule has 2 aromatic carbocycles. The smallest absolute Gasteiger partial charge is 0.307 e. The monoisotopic (exact) mass is 773 g/mol. The molecule has 0 N–H and O–H groups in total. The molecule has 1 aromatic heterocycles. The second-order valence-electron chi connectivity index (χ2n) is 13.4. The normalized spacial score (nSPS) is 14.2. The number of allylic oxidation sites excluding steroid dienone is 10. The number of piperazine rings is 1. The summed E-state index contributed by atoms with van der Waals surface area (Å²) in [5, 5.41) is 2.09. The maximum Gasteiger partial charge on any atom is 0.307 e. The average molecular weight is 775 g/mol. The summed E-state index contributed by atoms with van der Waals surface area (Å²) in [4.78, 5) is 30.0. The quantitative estimate of drug-likeness (QED) is 0.0543. The van der Waals surface area contributed by atoms with Gasteiger partial charge in [-0.3, -0.25) is 19.1 Å². The number of halogens is 2. The maximum atomic E-state index is 12.8. The molecule has 1 aliphatic rings. The predicted octanol–water partition coefficient (Wildman–Crippen LogP) is 11.1. The van der Waals surface area contributed by atoms with Gasteiger partial charge in [-0.2, -0.15) is 0 Å². The van der Waals surface area contributed by atoms with Crippen molar-refractivity contribution >= 4 is 45.8 Å². The van der Waals surface area contributed by atoms with Crippen LogP contribution in [0.1, 0.15) is 77.6 Å². The summed E-state index contributed by atoms with van der Waals surface area (Å²) < 4.78 is 13.1. The molecular formula is C45H57Cl2N3O4. The fourth-order valence-corrected chi connectivity index (χ4v) is 6.54. The Balaban J connectivity index is 1.08. The molecule has 0 saturated carbocycles. The van der Waals surface area contributed by atoms with Gasteiger partial charge < -0.3 is 14.4 Å². The van der Waals surface area contributed by atoms with Gasteiger partial charge in [0.05, 0.1) is 27.9 Å². The average Bonchev–Trinajstić information content (AvgIpc) is 3.18. The first-order valence-corrected chi connectivity index (χ1v) is 20.3.